The van der Waals surface area contributed by atoms with E-state index in [1.165, 1.54) is 32.4 Å². The van der Waals surface area contributed by atoms with Crippen LogP contribution in [0.4, 0.5) is 4.79 Å². The van der Waals surface area contributed by atoms with E-state index in [4.69, 9.17) is 4.74 Å². The van der Waals surface area contributed by atoms with Crippen LogP contribution < -0.4 is 16.0 Å². The van der Waals surface area contributed by atoms with Gasteiger partial charge in [-0.05, 0) is 86.4 Å². The highest BCUT2D eigenvalue weighted by molar-refractivity contribution is 5.79. The molecule has 0 spiro atoms. The van der Waals surface area contributed by atoms with Gasteiger partial charge in [-0.1, -0.05) is 6.92 Å². The standard InChI is InChI=1S/C21H43N5O2/c1-8-22-18(23-13-10-17-11-14-26(9-2)15-12-17)24-16-21(6,7)25-19(27)28-20(3,4)5/h17H,8-16H2,1-7H3,(H,25,27)(H2,22,23,24). The average Bonchev–Trinajstić information content (AvgIpc) is 2.58. The predicted molar refractivity (Wildman–Crippen MR) is 117 cm³/mol. The van der Waals surface area contributed by atoms with Gasteiger partial charge in [-0.15, -0.1) is 0 Å². The Hall–Kier alpha value is -1.50. The van der Waals surface area contributed by atoms with E-state index in [9.17, 15) is 4.79 Å². The van der Waals surface area contributed by atoms with Crippen molar-refractivity contribution in [3.63, 3.8) is 0 Å². The van der Waals surface area contributed by atoms with Gasteiger partial charge in [0.05, 0.1) is 12.1 Å². The van der Waals surface area contributed by atoms with Crippen molar-refractivity contribution < 1.29 is 9.53 Å². The van der Waals surface area contributed by atoms with Crippen molar-refractivity contribution in [2.75, 3.05) is 39.3 Å². The van der Waals surface area contributed by atoms with Crippen LogP contribution in [0.5, 0.6) is 0 Å². The maximum Gasteiger partial charge on any atom is 0.408 e. The number of nitrogens with zero attached hydrogens (tertiary/aromatic N) is 2. The van der Waals surface area contributed by atoms with Gasteiger partial charge in [-0.3, -0.25) is 4.99 Å². The SMILES string of the molecule is CCNC(=NCC(C)(C)NC(=O)OC(C)(C)C)NCCC1CCN(CC)CC1. The minimum Gasteiger partial charge on any atom is -0.444 e. The van der Waals surface area contributed by atoms with Crippen molar-refractivity contribution in [2.24, 2.45) is 10.9 Å². The Morgan fingerprint density at radius 3 is 2.29 bits per heavy atom. The molecular formula is C21H43N5O2. The first-order chi connectivity index (χ1) is 13.0. The van der Waals surface area contributed by atoms with Crippen molar-refractivity contribution >= 4 is 12.1 Å². The molecule has 1 aliphatic rings. The molecule has 0 radical (unpaired) electrons. The van der Waals surface area contributed by atoms with Crippen LogP contribution in [-0.4, -0.2) is 67.4 Å². The van der Waals surface area contributed by atoms with E-state index >= 15 is 0 Å². The van der Waals surface area contributed by atoms with E-state index in [2.05, 4.69) is 39.7 Å². The number of ether oxygens (including phenoxy) is 1. The first-order valence-corrected chi connectivity index (χ1v) is 10.8. The smallest absolute Gasteiger partial charge is 0.408 e. The zero-order chi connectivity index (χ0) is 21.2. The van der Waals surface area contributed by atoms with E-state index in [1.54, 1.807) is 0 Å². The van der Waals surface area contributed by atoms with Crippen molar-refractivity contribution in [1.82, 2.24) is 20.9 Å². The number of hydrogen-bond acceptors (Lipinski definition) is 4. The Kier molecular flexibility index (Phi) is 10.1. The number of likely N-dealkylation sites (tertiary alicyclic amines) is 1. The van der Waals surface area contributed by atoms with Crippen LogP contribution in [0.1, 0.15) is 67.7 Å². The first-order valence-electron chi connectivity index (χ1n) is 10.8. The summed E-state index contributed by atoms with van der Waals surface area (Å²) in [5.74, 6) is 1.59. The lowest BCUT2D eigenvalue weighted by Gasteiger charge is -2.31. The molecule has 0 aromatic heterocycles. The minimum absolute atomic E-state index is 0.413. The summed E-state index contributed by atoms with van der Waals surface area (Å²) >= 11 is 0. The maximum atomic E-state index is 12.0. The second-order valence-electron chi connectivity index (χ2n) is 9.30. The number of aliphatic imine (C=N–C) groups is 1. The van der Waals surface area contributed by atoms with Gasteiger partial charge in [0.15, 0.2) is 5.96 Å². The van der Waals surface area contributed by atoms with Crippen LogP contribution in [0.25, 0.3) is 0 Å². The van der Waals surface area contributed by atoms with Gasteiger partial charge in [0.25, 0.3) is 0 Å². The lowest BCUT2D eigenvalue weighted by molar-refractivity contribution is 0.0476. The molecule has 1 fully saturated rings. The van der Waals surface area contributed by atoms with Crippen LogP contribution in [0.15, 0.2) is 4.99 Å². The van der Waals surface area contributed by atoms with Gasteiger partial charge < -0.3 is 25.6 Å². The second kappa shape index (κ2) is 11.5. The summed E-state index contributed by atoms with van der Waals surface area (Å²) in [7, 11) is 0. The Balaban J connectivity index is 2.44. The third kappa shape index (κ3) is 10.7. The number of rotatable bonds is 8. The number of nitrogens with one attached hydrogen (secondary N) is 3. The first kappa shape index (κ1) is 24.5. The zero-order valence-electron chi connectivity index (χ0n) is 19.2. The van der Waals surface area contributed by atoms with Crippen molar-refractivity contribution in [1.29, 1.82) is 0 Å². The number of alkyl carbamates (subject to hydrolysis) is 1. The Bertz CT molecular complexity index is 492. The summed E-state index contributed by atoms with van der Waals surface area (Å²) in [4.78, 5) is 19.2. The molecule has 0 aromatic carbocycles. The summed E-state index contributed by atoms with van der Waals surface area (Å²) in [6.07, 6.45) is 3.33. The highest BCUT2D eigenvalue weighted by Gasteiger charge is 2.24. The summed E-state index contributed by atoms with van der Waals surface area (Å²) in [5.41, 5.74) is -0.995. The molecule has 0 bridgehead atoms. The fourth-order valence-corrected chi connectivity index (χ4v) is 3.22. The number of hydrogen-bond donors (Lipinski definition) is 3. The molecule has 7 heteroatoms. The largest absolute Gasteiger partial charge is 0.444 e. The summed E-state index contributed by atoms with van der Waals surface area (Å²) in [6.45, 7) is 19.6. The molecule has 1 heterocycles. The Morgan fingerprint density at radius 1 is 1.11 bits per heavy atom. The molecule has 1 saturated heterocycles. The highest BCUT2D eigenvalue weighted by Crippen LogP contribution is 2.19. The molecule has 0 atom stereocenters. The van der Waals surface area contributed by atoms with E-state index in [0.717, 1.165) is 31.5 Å². The molecule has 0 unspecified atom stereocenters. The molecule has 164 valence electrons. The lowest BCUT2D eigenvalue weighted by Crippen LogP contribution is -2.49. The maximum absolute atomic E-state index is 12.0. The summed E-state index contributed by atoms with van der Waals surface area (Å²) in [5, 5.41) is 9.63. The van der Waals surface area contributed by atoms with Crippen molar-refractivity contribution in [3.05, 3.63) is 0 Å². The van der Waals surface area contributed by atoms with E-state index in [1.807, 2.05) is 34.6 Å². The summed E-state index contributed by atoms with van der Waals surface area (Å²) in [6, 6.07) is 0. The van der Waals surface area contributed by atoms with Gasteiger partial charge in [-0.2, -0.15) is 0 Å². The highest BCUT2D eigenvalue weighted by atomic mass is 16.6. The fraction of sp³-hybridized carbons (Fsp3) is 0.905. The zero-order valence-corrected chi connectivity index (χ0v) is 19.2. The Labute approximate surface area is 172 Å². The van der Waals surface area contributed by atoms with E-state index in [0.29, 0.717) is 6.54 Å². The Morgan fingerprint density at radius 2 is 1.75 bits per heavy atom. The predicted octanol–water partition coefficient (Wildman–Crippen LogP) is 2.97. The molecule has 28 heavy (non-hydrogen) atoms. The molecule has 1 aliphatic heterocycles. The molecule has 7 nitrogen and oxygen atoms in total. The molecule has 1 rings (SSSR count). The lowest BCUT2D eigenvalue weighted by atomic mass is 9.93. The molecule has 0 aliphatic carbocycles. The second-order valence-corrected chi connectivity index (χ2v) is 9.30. The number of carbonyl (C=O) groups is 1. The molecule has 1 amide bonds. The normalized spacial score (nSPS) is 17.3. The minimum atomic E-state index is -0.507. The van der Waals surface area contributed by atoms with Gasteiger partial charge in [0, 0.05) is 13.1 Å². The summed E-state index contributed by atoms with van der Waals surface area (Å²) < 4.78 is 5.34. The molecule has 0 aromatic rings. The third-order valence-electron chi connectivity index (χ3n) is 4.82. The van der Waals surface area contributed by atoms with E-state index in [-0.39, 0.29) is 0 Å². The number of amides is 1. The van der Waals surface area contributed by atoms with Gasteiger partial charge in [0.1, 0.15) is 5.60 Å². The number of carbonyl (C=O) groups excluding carboxylic acids is 1. The fourth-order valence-electron chi connectivity index (χ4n) is 3.22. The number of piperidine rings is 1. The third-order valence-corrected chi connectivity index (χ3v) is 4.82. The van der Waals surface area contributed by atoms with E-state index < -0.39 is 17.2 Å². The van der Waals surface area contributed by atoms with Crippen LogP contribution >= 0.6 is 0 Å². The monoisotopic (exact) mass is 397 g/mol. The molecular weight excluding hydrogens is 354 g/mol. The quantitative estimate of drug-likeness (QED) is 0.433. The van der Waals surface area contributed by atoms with Crippen LogP contribution in [0.2, 0.25) is 0 Å². The topological polar surface area (TPSA) is 78.0 Å². The van der Waals surface area contributed by atoms with Crippen LogP contribution in [0.3, 0.4) is 0 Å². The van der Waals surface area contributed by atoms with Gasteiger partial charge in [0.2, 0.25) is 0 Å². The molecule has 0 saturated carbocycles. The van der Waals surface area contributed by atoms with Crippen molar-refractivity contribution in [2.45, 2.75) is 78.9 Å². The van der Waals surface area contributed by atoms with Crippen LogP contribution in [-0.2, 0) is 4.74 Å². The van der Waals surface area contributed by atoms with Crippen LogP contribution in [0, 0.1) is 5.92 Å². The van der Waals surface area contributed by atoms with Gasteiger partial charge >= 0.3 is 6.09 Å². The average molecular weight is 398 g/mol. The van der Waals surface area contributed by atoms with Crippen molar-refractivity contribution in [3.8, 4) is 0 Å². The van der Waals surface area contributed by atoms with Gasteiger partial charge in [-0.25, -0.2) is 4.79 Å². The number of guanidine groups is 1. The molecule has 3 N–H and O–H groups in total.